The monoisotopic (exact) mass is 595 g/mol. The molecule has 13 heteroatoms. The second-order valence-corrected chi connectivity index (χ2v) is 10.2. The second kappa shape index (κ2) is 12.6. The fourth-order valence-corrected chi connectivity index (χ4v) is 5.28. The van der Waals surface area contributed by atoms with E-state index in [0.29, 0.717) is 33.8 Å². The number of nitrogens with one attached hydrogen (secondary N) is 1. The van der Waals surface area contributed by atoms with Crippen LogP contribution in [0.2, 0.25) is 10.0 Å². The number of amides is 1. The molecule has 0 radical (unpaired) electrons. The average molecular weight is 596 g/mol. The Balaban J connectivity index is 0.00000420. The van der Waals surface area contributed by atoms with Gasteiger partial charge in [-0.3, -0.25) is 9.35 Å². The van der Waals surface area contributed by atoms with Crippen LogP contribution in [0.5, 0.6) is 11.5 Å². The first-order valence-electron chi connectivity index (χ1n) is 11.2. The van der Waals surface area contributed by atoms with Crippen LogP contribution in [0.4, 0.5) is 17.1 Å². The summed E-state index contributed by atoms with van der Waals surface area (Å²) in [6.07, 6.45) is 0. The summed E-state index contributed by atoms with van der Waals surface area (Å²) in [5.74, 6) is -0.992. The number of anilines is 1. The third-order valence-electron chi connectivity index (χ3n) is 5.55. The zero-order chi connectivity index (χ0) is 27.6. The Hall–Kier alpha value is -2.70. The molecule has 0 aliphatic heterocycles. The van der Waals surface area contributed by atoms with E-state index in [2.05, 4.69) is 15.5 Å². The topological polar surface area (TPSA) is 140 Å². The molecule has 0 aromatic heterocycles. The molecule has 0 aliphatic carbocycles. The minimum Gasteiger partial charge on any atom is -0.870 e. The normalized spacial score (nSPS) is 11.4. The van der Waals surface area contributed by atoms with Crippen LogP contribution in [0.3, 0.4) is 0 Å². The van der Waals surface area contributed by atoms with Gasteiger partial charge in [0.2, 0.25) is 0 Å². The molecule has 0 saturated heterocycles. The van der Waals surface area contributed by atoms with Gasteiger partial charge in [0.25, 0.3) is 16.0 Å². The summed E-state index contributed by atoms with van der Waals surface area (Å²) in [4.78, 5) is 12.6. The van der Waals surface area contributed by atoms with E-state index >= 15 is 0 Å². The van der Waals surface area contributed by atoms with Gasteiger partial charge in [-0.25, -0.2) is 0 Å². The summed E-state index contributed by atoms with van der Waals surface area (Å²) in [7, 11) is -4.64. The van der Waals surface area contributed by atoms with Crippen LogP contribution in [0.15, 0.2) is 75.8 Å². The van der Waals surface area contributed by atoms with Gasteiger partial charge in [-0.1, -0.05) is 53.2 Å². The van der Waals surface area contributed by atoms with Crippen molar-refractivity contribution in [3.8, 4) is 11.5 Å². The van der Waals surface area contributed by atoms with Gasteiger partial charge in [-0.15, -0.1) is 0 Å². The van der Waals surface area contributed by atoms with E-state index in [0.717, 1.165) is 0 Å². The van der Waals surface area contributed by atoms with E-state index in [1.807, 2.05) is 0 Å². The molecular weight excluding hydrogens is 576 g/mol. The molecule has 0 bridgehead atoms. The number of halogens is 2. The van der Waals surface area contributed by atoms with Crippen LogP contribution < -0.4 is 44.7 Å². The summed E-state index contributed by atoms with van der Waals surface area (Å²) >= 11 is 12.1. The first-order valence-corrected chi connectivity index (χ1v) is 13.4. The van der Waals surface area contributed by atoms with Gasteiger partial charge in [0, 0.05) is 22.7 Å². The van der Waals surface area contributed by atoms with Crippen molar-refractivity contribution in [1.29, 1.82) is 0 Å². The molecule has 0 aliphatic rings. The Labute approximate surface area is 256 Å². The number of hydrogen-bond acceptors (Lipinski definition) is 7. The van der Waals surface area contributed by atoms with E-state index in [1.54, 1.807) is 49.4 Å². The Morgan fingerprint density at radius 1 is 1.05 bits per heavy atom. The molecule has 39 heavy (non-hydrogen) atoms. The first kappa shape index (κ1) is 30.8. The predicted molar refractivity (Wildman–Crippen MR) is 144 cm³/mol. The van der Waals surface area contributed by atoms with E-state index in [4.69, 9.17) is 27.9 Å². The zero-order valence-corrected chi connectivity index (χ0v) is 25.4. The Kier molecular flexibility index (Phi) is 10.0. The van der Waals surface area contributed by atoms with Crippen LogP contribution >= 0.6 is 23.2 Å². The first-order chi connectivity index (χ1) is 18.0. The van der Waals surface area contributed by atoms with Gasteiger partial charge < -0.3 is 15.2 Å². The maximum atomic E-state index is 13.4. The summed E-state index contributed by atoms with van der Waals surface area (Å²) in [5.41, 5.74) is 0.166. The number of ether oxygens (including phenoxy) is 1. The fourth-order valence-electron chi connectivity index (χ4n) is 3.80. The summed E-state index contributed by atoms with van der Waals surface area (Å²) in [6.45, 7) is 3.57. The number of carbonyl (C=O) groups excluding carboxylic acids is 1. The molecule has 0 atom stereocenters. The number of nitrogens with zero attached hydrogens (tertiary/aromatic N) is 2. The Bertz CT molecular complexity index is 1710. The fraction of sp³-hybridized carbons (Fsp3) is 0.115. The van der Waals surface area contributed by atoms with Crippen LogP contribution in [0.25, 0.3) is 10.8 Å². The molecule has 1 amide bonds. The molecule has 4 aromatic rings. The molecule has 196 valence electrons. The average Bonchev–Trinajstić information content (AvgIpc) is 2.85. The van der Waals surface area contributed by atoms with E-state index < -0.39 is 26.7 Å². The summed E-state index contributed by atoms with van der Waals surface area (Å²) in [6, 6.07) is 15.6. The van der Waals surface area contributed by atoms with Gasteiger partial charge in [0.1, 0.15) is 10.6 Å². The van der Waals surface area contributed by atoms with Crippen molar-refractivity contribution in [3.63, 3.8) is 0 Å². The molecule has 0 spiro atoms. The van der Waals surface area contributed by atoms with E-state index in [1.165, 1.54) is 25.1 Å². The van der Waals surface area contributed by atoms with Crippen LogP contribution in [0.1, 0.15) is 22.8 Å². The number of azo groups is 1. The van der Waals surface area contributed by atoms with E-state index in [-0.39, 0.29) is 57.1 Å². The second-order valence-electron chi connectivity index (χ2n) is 8.05. The quantitative estimate of drug-likeness (QED) is 0.189. The smallest absolute Gasteiger partial charge is 0.870 e. The molecule has 2 N–H and O–H groups in total. The molecule has 0 fully saturated rings. The van der Waals surface area contributed by atoms with Crippen LogP contribution in [-0.4, -0.2) is 25.5 Å². The number of carbonyl (C=O) groups is 1. The largest absolute Gasteiger partial charge is 1.00 e. The standard InChI is InChI=1S/C26H21Cl2N3O6S.Na/c1-3-37-22-13-16(8-9-19(22)27)29-26(33)18-12-15-6-4-5-7-17(15)23(24(18)32)31-30-21-11-10-20(28)25(14(21)2)38(34,35)36;/h4-13,32H,3H2,1-2H3,(H,29,33)(H,34,35,36);/q;+1/p-1. The number of fused-ring (bicyclic) bond motifs is 1. The third kappa shape index (κ3) is 6.72. The molecule has 4 aromatic carbocycles. The van der Waals surface area contributed by atoms with Gasteiger partial charge in [-0.05, 0) is 55.1 Å². The molecule has 4 rings (SSSR count). The molecular formula is C26H20Cl2N3NaO6S. The van der Waals surface area contributed by atoms with Crippen molar-refractivity contribution in [2.45, 2.75) is 18.7 Å². The summed E-state index contributed by atoms with van der Waals surface area (Å²) < 4.78 is 38.5. The van der Waals surface area contributed by atoms with Crippen molar-refractivity contribution in [3.05, 3.63) is 81.8 Å². The minimum atomic E-state index is -4.64. The molecule has 0 saturated carbocycles. The van der Waals surface area contributed by atoms with Gasteiger partial charge in [-0.2, -0.15) is 18.6 Å². The van der Waals surface area contributed by atoms with Crippen molar-refractivity contribution in [2.75, 3.05) is 11.9 Å². The van der Waals surface area contributed by atoms with Crippen molar-refractivity contribution in [1.82, 2.24) is 0 Å². The van der Waals surface area contributed by atoms with Gasteiger partial charge in [0.15, 0.2) is 0 Å². The van der Waals surface area contributed by atoms with Crippen LogP contribution in [0, 0.1) is 6.92 Å². The van der Waals surface area contributed by atoms with E-state index in [9.17, 15) is 22.9 Å². The van der Waals surface area contributed by atoms with Crippen molar-refractivity contribution >= 4 is 67.1 Å². The number of rotatable bonds is 7. The Morgan fingerprint density at radius 3 is 2.44 bits per heavy atom. The Morgan fingerprint density at radius 2 is 1.74 bits per heavy atom. The molecule has 9 nitrogen and oxygen atoms in total. The maximum Gasteiger partial charge on any atom is 1.00 e. The number of hydrogen-bond donors (Lipinski definition) is 2. The van der Waals surface area contributed by atoms with Crippen molar-refractivity contribution in [2.24, 2.45) is 10.2 Å². The number of benzene rings is 4. The van der Waals surface area contributed by atoms with Gasteiger partial charge in [0.05, 0.1) is 28.0 Å². The van der Waals surface area contributed by atoms with Gasteiger partial charge >= 0.3 is 29.6 Å². The molecule has 0 heterocycles. The third-order valence-corrected chi connectivity index (χ3v) is 7.34. The zero-order valence-electron chi connectivity index (χ0n) is 21.0. The predicted octanol–water partition coefficient (Wildman–Crippen LogP) is 3.85. The summed E-state index contributed by atoms with van der Waals surface area (Å²) in [5, 5.41) is 25.4. The van der Waals surface area contributed by atoms with Crippen molar-refractivity contribution < 1.29 is 57.2 Å². The minimum absolute atomic E-state index is 0. The SMILES string of the molecule is CCOc1cc(NC(=O)c2cc3ccccc3c(N=Nc3ccc(Cl)c(S(=O)(=O)O)c3C)c2[O-])ccc1Cl.[Na+]. The van der Waals surface area contributed by atoms with Crippen LogP contribution in [-0.2, 0) is 10.1 Å². The maximum absolute atomic E-state index is 13.4. The molecule has 0 unspecified atom stereocenters.